The van der Waals surface area contributed by atoms with Crippen LogP contribution in [0.3, 0.4) is 0 Å². The summed E-state index contributed by atoms with van der Waals surface area (Å²) in [5.41, 5.74) is 4.14. The highest BCUT2D eigenvalue weighted by Gasteiger charge is 2.11. The van der Waals surface area contributed by atoms with E-state index in [4.69, 9.17) is 4.98 Å². The van der Waals surface area contributed by atoms with Crippen molar-refractivity contribution in [3.63, 3.8) is 0 Å². The first-order chi connectivity index (χ1) is 12.8. The summed E-state index contributed by atoms with van der Waals surface area (Å²) in [5, 5.41) is 1.48. The van der Waals surface area contributed by atoms with E-state index < -0.39 is 11.2 Å². The lowest BCUT2D eigenvalue weighted by atomic mass is 10.0. The molecule has 0 aliphatic carbocycles. The highest BCUT2D eigenvalue weighted by molar-refractivity contribution is 8.12. The van der Waals surface area contributed by atoms with Crippen LogP contribution in [-0.4, -0.2) is 25.4 Å². The SMILES string of the molecule is CCCC[S+]([O-])CSc1cc(-c2ccccc2)cc(-c2cccnc2)n1. The summed E-state index contributed by atoms with van der Waals surface area (Å²) in [7, 11) is 0. The van der Waals surface area contributed by atoms with Crippen molar-refractivity contribution >= 4 is 22.9 Å². The van der Waals surface area contributed by atoms with Gasteiger partial charge in [0.2, 0.25) is 0 Å². The third-order valence-electron chi connectivity index (χ3n) is 3.93. The van der Waals surface area contributed by atoms with E-state index in [1.807, 2.05) is 36.5 Å². The van der Waals surface area contributed by atoms with E-state index in [0.29, 0.717) is 5.08 Å². The van der Waals surface area contributed by atoms with Crippen LogP contribution in [0.25, 0.3) is 22.4 Å². The van der Waals surface area contributed by atoms with E-state index in [1.54, 1.807) is 18.0 Å². The van der Waals surface area contributed by atoms with Crippen molar-refractivity contribution in [1.82, 2.24) is 9.97 Å². The summed E-state index contributed by atoms with van der Waals surface area (Å²) in [6.45, 7) is 2.12. The molecule has 5 heteroatoms. The maximum atomic E-state index is 12.1. The molecule has 2 heterocycles. The van der Waals surface area contributed by atoms with Crippen LogP contribution in [0.1, 0.15) is 19.8 Å². The molecule has 3 rings (SSSR count). The first-order valence-corrected chi connectivity index (χ1v) is 11.2. The highest BCUT2D eigenvalue weighted by Crippen LogP contribution is 2.30. The maximum absolute atomic E-state index is 12.1. The quantitative estimate of drug-likeness (QED) is 0.386. The summed E-state index contributed by atoms with van der Waals surface area (Å²) in [6.07, 6.45) is 5.66. The lowest BCUT2D eigenvalue weighted by Crippen LogP contribution is -2.08. The van der Waals surface area contributed by atoms with Crippen molar-refractivity contribution in [3.8, 4) is 22.4 Å². The van der Waals surface area contributed by atoms with Gasteiger partial charge in [-0.05, 0) is 53.0 Å². The lowest BCUT2D eigenvalue weighted by Gasteiger charge is -2.12. The Kier molecular flexibility index (Phi) is 7.12. The van der Waals surface area contributed by atoms with Crippen LogP contribution in [0.15, 0.2) is 72.0 Å². The first-order valence-electron chi connectivity index (χ1n) is 8.72. The highest BCUT2D eigenvalue weighted by atomic mass is 32.3. The summed E-state index contributed by atoms with van der Waals surface area (Å²) >= 11 is 0.753. The summed E-state index contributed by atoms with van der Waals surface area (Å²) in [6, 6.07) is 18.4. The Hall–Kier alpha value is -1.82. The van der Waals surface area contributed by atoms with Gasteiger partial charge < -0.3 is 4.55 Å². The van der Waals surface area contributed by atoms with Gasteiger partial charge in [-0.2, -0.15) is 0 Å². The normalized spacial score (nSPS) is 12.1. The molecule has 0 N–H and O–H groups in total. The Bertz CT molecular complexity index is 755. The molecule has 0 amide bonds. The van der Waals surface area contributed by atoms with Gasteiger partial charge in [-0.25, -0.2) is 4.98 Å². The standard InChI is InChI=1S/C21H22N2OS2/c1-2-3-12-26(24)16-25-21-14-19(17-8-5-4-6-9-17)13-20(23-21)18-10-7-11-22-15-18/h4-11,13-15H,2-3,12,16H2,1H3. The number of rotatable bonds is 8. The molecule has 134 valence electrons. The average Bonchev–Trinajstić information content (AvgIpc) is 2.72. The molecule has 3 nitrogen and oxygen atoms in total. The molecule has 0 radical (unpaired) electrons. The number of hydrogen-bond donors (Lipinski definition) is 0. The van der Waals surface area contributed by atoms with Crippen LogP contribution in [-0.2, 0) is 11.2 Å². The number of thioether (sulfide) groups is 1. The molecule has 1 unspecified atom stereocenters. The van der Waals surface area contributed by atoms with Gasteiger partial charge in [-0.1, -0.05) is 55.4 Å². The van der Waals surface area contributed by atoms with Gasteiger partial charge in [-0.15, -0.1) is 0 Å². The van der Waals surface area contributed by atoms with Crippen LogP contribution in [0, 0.1) is 0 Å². The van der Waals surface area contributed by atoms with Gasteiger partial charge in [0.15, 0.2) is 5.08 Å². The predicted octanol–water partition coefficient (Wildman–Crippen LogP) is 5.41. The maximum Gasteiger partial charge on any atom is 0.156 e. The van der Waals surface area contributed by atoms with Crippen LogP contribution >= 0.6 is 11.8 Å². The smallest absolute Gasteiger partial charge is 0.156 e. The zero-order chi connectivity index (χ0) is 18.2. The topological polar surface area (TPSA) is 48.8 Å². The van der Waals surface area contributed by atoms with E-state index in [1.165, 1.54) is 0 Å². The Balaban J connectivity index is 1.88. The molecule has 0 saturated heterocycles. The number of nitrogens with zero attached hydrogens (tertiary/aromatic N) is 2. The third-order valence-corrected chi connectivity index (χ3v) is 6.70. The largest absolute Gasteiger partial charge is 0.616 e. The molecule has 0 fully saturated rings. The third kappa shape index (κ3) is 5.34. The van der Waals surface area contributed by atoms with Crippen LogP contribution in [0.2, 0.25) is 0 Å². The summed E-state index contributed by atoms with van der Waals surface area (Å²) in [4.78, 5) is 8.98. The minimum Gasteiger partial charge on any atom is -0.616 e. The summed E-state index contributed by atoms with van der Waals surface area (Å²) in [5.74, 6) is 0.761. The van der Waals surface area contributed by atoms with E-state index >= 15 is 0 Å². The van der Waals surface area contributed by atoms with E-state index in [2.05, 4.69) is 36.2 Å². The minimum atomic E-state index is -0.812. The number of aromatic nitrogens is 2. The fourth-order valence-corrected chi connectivity index (χ4v) is 4.99. The number of benzene rings is 1. The zero-order valence-electron chi connectivity index (χ0n) is 14.8. The molecule has 1 atom stereocenters. The van der Waals surface area contributed by atoms with Crippen molar-refractivity contribution in [2.75, 3.05) is 10.8 Å². The van der Waals surface area contributed by atoms with E-state index in [9.17, 15) is 4.55 Å². The zero-order valence-corrected chi connectivity index (χ0v) is 16.4. The van der Waals surface area contributed by atoms with Gasteiger partial charge in [0.25, 0.3) is 0 Å². The van der Waals surface area contributed by atoms with Crippen LogP contribution in [0.5, 0.6) is 0 Å². The molecule has 0 spiro atoms. The molecule has 1 aromatic carbocycles. The second kappa shape index (κ2) is 9.76. The van der Waals surface area contributed by atoms with Gasteiger partial charge in [-0.3, -0.25) is 4.98 Å². The van der Waals surface area contributed by atoms with Gasteiger partial charge in [0.1, 0.15) is 10.8 Å². The van der Waals surface area contributed by atoms with Crippen molar-refractivity contribution in [3.05, 3.63) is 67.0 Å². The monoisotopic (exact) mass is 382 g/mol. The number of pyridine rings is 2. The Morgan fingerprint density at radius 2 is 1.81 bits per heavy atom. The first kappa shape index (κ1) is 19.0. The molecule has 26 heavy (non-hydrogen) atoms. The molecule has 0 aliphatic rings. The van der Waals surface area contributed by atoms with Crippen molar-refractivity contribution in [2.24, 2.45) is 0 Å². The summed E-state index contributed by atoms with van der Waals surface area (Å²) < 4.78 is 12.1. The van der Waals surface area contributed by atoms with Crippen LogP contribution in [0.4, 0.5) is 0 Å². The number of unbranched alkanes of at least 4 members (excludes halogenated alkanes) is 1. The molecule has 0 saturated carbocycles. The second-order valence-electron chi connectivity index (χ2n) is 5.95. The molecule has 3 aromatic rings. The van der Waals surface area contributed by atoms with Crippen LogP contribution < -0.4 is 0 Å². The lowest BCUT2D eigenvalue weighted by molar-refractivity contribution is 0.596. The fourth-order valence-electron chi connectivity index (χ4n) is 2.53. The van der Waals surface area contributed by atoms with Crippen molar-refractivity contribution in [2.45, 2.75) is 24.8 Å². The average molecular weight is 383 g/mol. The minimum absolute atomic E-state index is 0.581. The molecular weight excluding hydrogens is 360 g/mol. The molecule has 0 aliphatic heterocycles. The van der Waals surface area contributed by atoms with Gasteiger partial charge >= 0.3 is 0 Å². The molecule has 0 bridgehead atoms. The molecular formula is C21H22N2OS2. The van der Waals surface area contributed by atoms with E-state index in [0.717, 1.165) is 46.0 Å². The predicted molar refractivity (Wildman–Crippen MR) is 112 cm³/mol. The van der Waals surface area contributed by atoms with E-state index in [-0.39, 0.29) is 0 Å². The Labute approximate surface area is 162 Å². The second-order valence-corrected chi connectivity index (χ2v) is 8.88. The van der Waals surface area contributed by atoms with Gasteiger partial charge in [0, 0.05) is 18.0 Å². The molecule has 2 aromatic heterocycles. The Morgan fingerprint density at radius 3 is 2.54 bits per heavy atom. The van der Waals surface area contributed by atoms with Crippen molar-refractivity contribution in [1.29, 1.82) is 0 Å². The Morgan fingerprint density at radius 1 is 1.00 bits per heavy atom. The fraction of sp³-hybridized carbons (Fsp3) is 0.238. The van der Waals surface area contributed by atoms with Crippen molar-refractivity contribution < 1.29 is 4.55 Å². The number of hydrogen-bond acceptors (Lipinski definition) is 4. The van der Waals surface area contributed by atoms with Gasteiger partial charge in [0.05, 0.1) is 5.69 Å².